The van der Waals surface area contributed by atoms with Gasteiger partial charge < -0.3 is 9.64 Å². The highest BCUT2D eigenvalue weighted by Gasteiger charge is 2.30. The summed E-state index contributed by atoms with van der Waals surface area (Å²) in [6.45, 7) is 7.04. The minimum absolute atomic E-state index is 0.0208. The summed E-state index contributed by atoms with van der Waals surface area (Å²) in [5.41, 5.74) is 2.94. The standard InChI is InChI=1S/C20H22F2N2O2/c1-20(2,3)24-8-7-12-9-14(15(18(21)22)10-17(12)24)13-5-6-16(23-11-13)19(25)26-4/h5-6,9-11,18H,7-8H2,1-4H3. The summed E-state index contributed by atoms with van der Waals surface area (Å²) in [5.74, 6) is -0.555. The largest absolute Gasteiger partial charge is 0.464 e. The molecule has 0 saturated heterocycles. The molecule has 138 valence electrons. The van der Waals surface area contributed by atoms with Crippen molar-refractivity contribution in [1.82, 2.24) is 4.98 Å². The first-order valence-electron chi connectivity index (χ1n) is 8.49. The molecule has 1 aromatic carbocycles. The summed E-state index contributed by atoms with van der Waals surface area (Å²) >= 11 is 0. The van der Waals surface area contributed by atoms with E-state index in [0.29, 0.717) is 11.1 Å². The molecule has 0 fully saturated rings. The second-order valence-electron chi connectivity index (χ2n) is 7.37. The quantitative estimate of drug-likeness (QED) is 0.748. The predicted molar refractivity (Wildman–Crippen MR) is 96.8 cm³/mol. The summed E-state index contributed by atoms with van der Waals surface area (Å²) in [7, 11) is 1.27. The number of rotatable bonds is 3. The number of fused-ring (bicyclic) bond motifs is 1. The fraction of sp³-hybridized carbons (Fsp3) is 0.400. The number of ether oxygens (including phenoxy) is 1. The number of methoxy groups -OCH3 is 1. The molecule has 0 aliphatic carbocycles. The average molecular weight is 360 g/mol. The topological polar surface area (TPSA) is 42.4 Å². The summed E-state index contributed by atoms with van der Waals surface area (Å²) in [4.78, 5) is 17.7. The van der Waals surface area contributed by atoms with Gasteiger partial charge in [-0.3, -0.25) is 0 Å². The zero-order chi connectivity index (χ0) is 19.1. The molecule has 0 unspecified atom stereocenters. The Morgan fingerprint density at radius 2 is 2.00 bits per heavy atom. The molecule has 2 aromatic rings. The Balaban J connectivity index is 2.07. The lowest BCUT2D eigenvalue weighted by atomic mass is 9.96. The van der Waals surface area contributed by atoms with E-state index in [-0.39, 0.29) is 16.8 Å². The number of carbonyl (C=O) groups is 1. The van der Waals surface area contributed by atoms with Crippen molar-refractivity contribution in [3.05, 3.63) is 47.3 Å². The molecule has 1 aliphatic rings. The molecule has 0 N–H and O–H groups in total. The molecule has 0 spiro atoms. The Hall–Kier alpha value is -2.50. The maximum absolute atomic E-state index is 13.8. The van der Waals surface area contributed by atoms with Crippen molar-refractivity contribution in [3.8, 4) is 11.1 Å². The second kappa shape index (κ2) is 6.67. The van der Waals surface area contributed by atoms with Crippen LogP contribution in [0.4, 0.5) is 14.5 Å². The van der Waals surface area contributed by atoms with E-state index in [1.165, 1.54) is 19.4 Å². The Kier molecular flexibility index (Phi) is 4.69. The smallest absolute Gasteiger partial charge is 0.356 e. The number of carbonyl (C=O) groups excluding carboxylic acids is 1. The number of hydrogen-bond acceptors (Lipinski definition) is 4. The van der Waals surface area contributed by atoms with Crippen LogP contribution in [-0.2, 0) is 11.2 Å². The van der Waals surface area contributed by atoms with Gasteiger partial charge in [0.25, 0.3) is 6.43 Å². The van der Waals surface area contributed by atoms with E-state index >= 15 is 0 Å². The molecule has 3 rings (SSSR count). The third-order valence-corrected chi connectivity index (χ3v) is 4.66. The molecule has 2 heterocycles. The van der Waals surface area contributed by atoms with Gasteiger partial charge in [-0.05, 0) is 56.5 Å². The van der Waals surface area contributed by atoms with E-state index in [2.05, 4.69) is 35.4 Å². The van der Waals surface area contributed by atoms with Crippen LogP contribution in [-0.4, -0.2) is 30.1 Å². The van der Waals surface area contributed by atoms with Crippen LogP contribution >= 0.6 is 0 Å². The van der Waals surface area contributed by atoms with Crippen molar-refractivity contribution >= 4 is 11.7 Å². The molecule has 26 heavy (non-hydrogen) atoms. The summed E-state index contributed by atoms with van der Waals surface area (Å²) in [6, 6.07) is 6.55. The minimum atomic E-state index is -2.60. The van der Waals surface area contributed by atoms with Crippen molar-refractivity contribution in [2.45, 2.75) is 39.2 Å². The number of esters is 1. The van der Waals surface area contributed by atoms with Gasteiger partial charge >= 0.3 is 5.97 Å². The van der Waals surface area contributed by atoms with Crippen molar-refractivity contribution < 1.29 is 18.3 Å². The van der Waals surface area contributed by atoms with E-state index in [1.807, 2.05) is 6.07 Å². The molecular weight excluding hydrogens is 338 g/mol. The first-order valence-corrected chi connectivity index (χ1v) is 8.49. The second-order valence-corrected chi connectivity index (χ2v) is 7.37. The summed E-state index contributed by atoms with van der Waals surface area (Å²) in [5, 5.41) is 0. The van der Waals surface area contributed by atoms with Gasteiger partial charge in [0.05, 0.1) is 7.11 Å². The third kappa shape index (κ3) is 3.28. The van der Waals surface area contributed by atoms with Crippen LogP contribution in [0, 0.1) is 0 Å². The summed E-state index contributed by atoms with van der Waals surface area (Å²) < 4.78 is 32.1. The van der Waals surface area contributed by atoms with Gasteiger partial charge in [0.2, 0.25) is 0 Å². The minimum Gasteiger partial charge on any atom is -0.464 e. The van der Waals surface area contributed by atoms with Crippen molar-refractivity contribution in [1.29, 1.82) is 0 Å². The molecule has 0 bridgehead atoms. The molecular formula is C20H22F2N2O2. The highest BCUT2D eigenvalue weighted by atomic mass is 19.3. The predicted octanol–water partition coefficient (Wildman–Crippen LogP) is 4.63. The summed E-state index contributed by atoms with van der Waals surface area (Å²) in [6.07, 6.45) is -0.342. The van der Waals surface area contributed by atoms with Crippen LogP contribution in [0.15, 0.2) is 30.5 Å². The fourth-order valence-electron chi connectivity index (χ4n) is 3.36. The molecule has 1 aliphatic heterocycles. The van der Waals surface area contributed by atoms with Crippen molar-refractivity contribution in [2.24, 2.45) is 0 Å². The van der Waals surface area contributed by atoms with Crippen molar-refractivity contribution in [3.63, 3.8) is 0 Å². The van der Waals surface area contributed by atoms with Crippen LogP contribution in [0.3, 0.4) is 0 Å². The van der Waals surface area contributed by atoms with Crippen molar-refractivity contribution in [2.75, 3.05) is 18.6 Å². The van der Waals surface area contributed by atoms with E-state index < -0.39 is 12.4 Å². The first-order chi connectivity index (χ1) is 12.2. The molecule has 0 atom stereocenters. The normalized spacial score (nSPS) is 13.9. The number of pyridine rings is 1. The number of halogens is 2. The van der Waals surface area contributed by atoms with E-state index in [9.17, 15) is 13.6 Å². The van der Waals surface area contributed by atoms with Crippen LogP contribution in [0.2, 0.25) is 0 Å². The highest BCUT2D eigenvalue weighted by molar-refractivity contribution is 5.87. The number of alkyl halides is 2. The van der Waals surface area contributed by atoms with Gasteiger partial charge in [-0.1, -0.05) is 6.07 Å². The number of nitrogens with zero attached hydrogens (tertiary/aromatic N) is 2. The van der Waals surface area contributed by atoms with Crippen LogP contribution in [0.5, 0.6) is 0 Å². The Morgan fingerprint density at radius 1 is 1.27 bits per heavy atom. The van der Waals surface area contributed by atoms with Gasteiger partial charge in [-0.25, -0.2) is 18.6 Å². The fourth-order valence-corrected chi connectivity index (χ4v) is 3.36. The zero-order valence-corrected chi connectivity index (χ0v) is 15.3. The van der Waals surface area contributed by atoms with Gasteiger partial charge in [-0.15, -0.1) is 0 Å². The van der Waals surface area contributed by atoms with Gasteiger partial charge in [0.15, 0.2) is 0 Å². The first kappa shape index (κ1) is 18.3. The molecule has 0 radical (unpaired) electrons. The Bertz CT molecular complexity index is 827. The SMILES string of the molecule is COC(=O)c1ccc(-c2cc3c(cc2C(F)F)N(C(C)(C)C)CC3)cn1. The average Bonchev–Trinajstić information content (AvgIpc) is 3.03. The van der Waals surface area contributed by atoms with E-state index in [1.54, 1.807) is 12.1 Å². The molecule has 4 nitrogen and oxygen atoms in total. The van der Waals surface area contributed by atoms with E-state index in [0.717, 1.165) is 24.2 Å². The van der Waals surface area contributed by atoms with Crippen LogP contribution < -0.4 is 4.90 Å². The molecule has 0 saturated carbocycles. The number of benzene rings is 1. The zero-order valence-electron chi connectivity index (χ0n) is 15.3. The van der Waals surface area contributed by atoms with Gasteiger partial charge in [0, 0.05) is 35.1 Å². The lowest BCUT2D eigenvalue weighted by molar-refractivity contribution is 0.0594. The lowest BCUT2D eigenvalue weighted by Crippen LogP contribution is -2.40. The molecule has 1 aromatic heterocycles. The van der Waals surface area contributed by atoms with E-state index in [4.69, 9.17) is 0 Å². The maximum atomic E-state index is 13.8. The maximum Gasteiger partial charge on any atom is 0.356 e. The van der Waals surface area contributed by atoms with Gasteiger partial charge in [-0.2, -0.15) is 0 Å². The Labute approximate surface area is 151 Å². The number of anilines is 1. The Morgan fingerprint density at radius 3 is 2.54 bits per heavy atom. The number of aromatic nitrogens is 1. The number of hydrogen-bond donors (Lipinski definition) is 0. The van der Waals surface area contributed by atoms with Gasteiger partial charge in [0.1, 0.15) is 5.69 Å². The highest BCUT2D eigenvalue weighted by Crippen LogP contribution is 2.41. The molecule has 0 amide bonds. The third-order valence-electron chi connectivity index (χ3n) is 4.66. The van der Waals surface area contributed by atoms with Crippen LogP contribution in [0.25, 0.3) is 11.1 Å². The lowest BCUT2D eigenvalue weighted by Gasteiger charge is -2.34. The molecule has 6 heteroatoms. The monoisotopic (exact) mass is 360 g/mol. The van der Waals surface area contributed by atoms with Crippen LogP contribution in [0.1, 0.15) is 48.8 Å².